The van der Waals surface area contributed by atoms with Crippen LogP contribution in [0.15, 0.2) is 47.4 Å². The van der Waals surface area contributed by atoms with Crippen LogP contribution in [0.25, 0.3) is 0 Å². The highest BCUT2D eigenvalue weighted by Crippen LogP contribution is 2.31. The lowest BCUT2D eigenvalue weighted by Crippen LogP contribution is -2.50. The molecule has 198 valence electrons. The summed E-state index contributed by atoms with van der Waals surface area (Å²) in [5.74, 6) is -0.489. The highest BCUT2D eigenvalue weighted by molar-refractivity contribution is 7.92. The Hall–Kier alpha value is -2.67. The van der Waals surface area contributed by atoms with E-state index < -0.39 is 38.1 Å². The van der Waals surface area contributed by atoms with E-state index in [4.69, 9.17) is 4.74 Å². The van der Waals surface area contributed by atoms with Crippen LogP contribution in [-0.2, 0) is 20.0 Å². The van der Waals surface area contributed by atoms with Crippen molar-refractivity contribution in [3.63, 3.8) is 0 Å². The van der Waals surface area contributed by atoms with Crippen molar-refractivity contribution in [3.8, 4) is 5.75 Å². The third-order valence-corrected chi connectivity index (χ3v) is 8.93. The molecule has 0 unspecified atom stereocenters. The predicted molar refractivity (Wildman–Crippen MR) is 137 cm³/mol. The predicted octanol–water partition coefficient (Wildman–Crippen LogP) is 1.91. The second-order valence-electron chi connectivity index (χ2n) is 9.30. The van der Waals surface area contributed by atoms with Crippen molar-refractivity contribution in [1.29, 1.82) is 0 Å². The smallest absolute Gasteiger partial charge is 0.261 e. The van der Waals surface area contributed by atoms with Gasteiger partial charge in [-0.25, -0.2) is 21.1 Å². The number of nitrogens with one attached hydrogen (secondary N) is 1. The van der Waals surface area contributed by atoms with Crippen LogP contribution in [0.2, 0.25) is 0 Å². The number of nitrogens with zero attached hydrogens (tertiary/aromatic N) is 2. The number of aliphatic hydroxyl groups is 1. The van der Waals surface area contributed by atoms with E-state index >= 15 is 0 Å². The molecule has 0 radical (unpaired) electrons. The Morgan fingerprint density at radius 3 is 2.39 bits per heavy atom. The minimum atomic E-state index is -3.91. The van der Waals surface area contributed by atoms with Crippen LogP contribution in [0.5, 0.6) is 5.75 Å². The van der Waals surface area contributed by atoms with Gasteiger partial charge < -0.3 is 14.7 Å². The summed E-state index contributed by atoms with van der Waals surface area (Å²) >= 11 is 0. The number of aliphatic hydroxyl groups excluding tert-OH is 1. The zero-order valence-electron chi connectivity index (χ0n) is 21.0. The molecular formula is C24H33N3O7S2. The molecule has 2 N–H and O–H groups in total. The van der Waals surface area contributed by atoms with Crippen molar-refractivity contribution in [3.05, 3.63) is 53.6 Å². The fraction of sp³-hybridized carbons (Fsp3) is 0.458. The first-order valence-electron chi connectivity index (χ1n) is 11.5. The number of hydrogen-bond donors (Lipinski definition) is 2. The molecule has 1 heterocycles. The normalized spacial score (nSPS) is 19.8. The number of benzene rings is 2. The van der Waals surface area contributed by atoms with E-state index in [1.54, 1.807) is 19.1 Å². The highest BCUT2D eigenvalue weighted by Gasteiger charge is 2.34. The summed E-state index contributed by atoms with van der Waals surface area (Å²) in [6, 6.07) is 10.2. The summed E-state index contributed by atoms with van der Waals surface area (Å²) in [5, 5.41) is 9.77. The second-order valence-corrected chi connectivity index (χ2v) is 13.1. The third-order valence-electron chi connectivity index (χ3n) is 6.25. The fourth-order valence-corrected chi connectivity index (χ4v) is 5.29. The molecule has 0 fully saturated rings. The van der Waals surface area contributed by atoms with Gasteiger partial charge in [0.25, 0.3) is 15.9 Å². The number of likely N-dealkylation sites (N-methyl/N-ethyl adjacent to an activating group) is 1. The monoisotopic (exact) mass is 539 g/mol. The topological polar surface area (TPSA) is 133 Å². The van der Waals surface area contributed by atoms with Gasteiger partial charge in [0.15, 0.2) is 0 Å². The lowest BCUT2D eigenvalue weighted by molar-refractivity contribution is 0.0387. The zero-order chi connectivity index (χ0) is 26.8. The number of fused-ring (bicyclic) bond motifs is 1. The average Bonchev–Trinajstić information content (AvgIpc) is 2.80. The Morgan fingerprint density at radius 1 is 1.17 bits per heavy atom. The molecule has 0 spiro atoms. The Kier molecular flexibility index (Phi) is 8.33. The third kappa shape index (κ3) is 6.36. The van der Waals surface area contributed by atoms with Gasteiger partial charge in [-0.05, 0) is 44.2 Å². The maximum atomic E-state index is 13.5. The summed E-state index contributed by atoms with van der Waals surface area (Å²) in [7, 11) is -5.92. The molecule has 3 atom stereocenters. The molecule has 2 aromatic rings. The van der Waals surface area contributed by atoms with Gasteiger partial charge in [-0.1, -0.05) is 24.6 Å². The Bertz CT molecular complexity index is 1310. The van der Waals surface area contributed by atoms with Crippen LogP contribution in [0.3, 0.4) is 0 Å². The van der Waals surface area contributed by atoms with E-state index in [-0.39, 0.29) is 47.5 Å². The molecule has 2 aromatic carbocycles. The number of aryl methyl sites for hydroxylation is 1. The van der Waals surface area contributed by atoms with Crippen molar-refractivity contribution in [2.75, 3.05) is 37.7 Å². The van der Waals surface area contributed by atoms with Crippen LogP contribution in [-0.4, -0.2) is 82.2 Å². The number of rotatable bonds is 8. The summed E-state index contributed by atoms with van der Waals surface area (Å²) in [6.45, 7) is 5.39. The minimum absolute atomic E-state index is 0.0524. The molecule has 1 aliphatic heterocycles. The number of hydrogen-bond acceptors (Lipinski definition) is 7. The molecule has 10 nitrogen and oxygen atoms in total. The molecule has 0 aromatic heterocycles. The number of anilines is 1. The number of amides is 1. The lowest BCUT2D eigenvalue weighted by atomic mass is 9.99. The molecule has 0 aliphatic carbocycles. The number of carbonyl (C=O) groups is 1. The van der Waals surface area contributed by atoms with Crippen LogP contribution in [0.1, 0.15) is 29.8 Å². The zero-order valence-corrected chi connectivity index (χ0v) is 22.6. The van der Waals surface area contributed by atoms with E-state index in [1.807, 2.05) is 13.8 Å². The van der Waals surface area contributed by atoms with Crippen molar-refractivity contribution < 1.29 is 31.5 Å². The van der Waals surface area contributed by atoms with Gasteiger partial charge in [-0.15, -0.1) is 0 Å². The molecule has 0 saturated heterocycles. The van der Waals surface area contributed by atoms with Gasteiger partial charge in [0.1, 0.15) is 11.9 Å². The Labute approximate surface area is 213 Å². The van der Waals surface area contributed by atoms with Gasteiger partial charge in [0.2, 0.25) is 10.0 Å². The highest BCUT2D eigenvalue weighted by atomic mass is 32.2. The van der Waals surface area contributed by atoms with Crippen LogP contribution in [0.4, 0.5) is 5.69 Å². The molecule has 1 aliphatic rings. The SMILES string of the molecule is Cc1ccc(S(=O)(=O)Nc2ccc3c(c2)C(=O)N([C@@H](C)CO)C[C@@H](C)[C@@H](CN(C)S(C)(=O)=O)O3)cc1. The Morgan fingerprint density at radius 2 is 1.81 bits per heavy atom. The van der Waals surface area contributed by atoms with Crippen LogP contribution in [0, 0.1) is 12.8 Å². The van der Waals surface area contributed by atoms with Gasteiger partial charge in [-0.2, -0.15) is 0 Å². The average molecular weight is 540 g/mol. The van der Waals surface area contributed by atoms with E-state index in [0.717, 1.165) is 11.8 Å². The van der Waals surface area contributed by atoms with Gasteiger partial charge in [0.05, 0.1) is 35.9 Å². The number of ether oxygens (including phenoxy) is 1. The maximum Gasteiger partial charge on any atom is 0.261 e. The lowest BCUT2D eigenvalue weighted by Gasteiger charge is -2.38. The number of sulfonamides is 2. The fourth-order valence-electron chi connectivity index (χ4n) is 3.82. The summed E-state index contributed by atoms with van der Waals surface area (Å²) in [5.41, 5.74) is 1.20. The standard InChI is InChI=1S/C24H33N3O7S2/c1-16-6-9-20(10-7-16)36(32,33)25-19-8-11-22-21(12-19)24(29)27(18(3)15-28)13-17(2)23(34-22)14-26(4)35(5,30)31/h6-12,17-18,23,25,28H,13-15H2,1-5H3/t17-,18+,23-/m1/s1. The molecule has 36 heavy (non-hydrogen) atoms. The van der Waals surface area contributed by atoms with Gasteiger partial charge >= 0.3 is 0 Å². The minimum Gasteiger partial charge on any atom is -0.488 e. The molecule has 0 bridgehead atoms. The number of carbonyl (C=O) groups excluding carboxylic acids is 1. The molecule has 1 amide bonds. The molecule has 3 rings (SSSR count). The van der Waals surface area contributed by atoms with E-state index in [2.05, 4.69) is 4.72 Å². The van der Waals surface area contributed by atoms with Crippen molar-refractivity contribution in [2.45, 2.75) is 37.8 Å². The van der Waals surface area contributed by atoms with Crippen molar-refractivity contribution >= 4 is 31.6 Å². The van der Waals surface area contributed by atoms with Crippen molar-refractivity contribution in [2.24, 2.45) is 5.92 Å². The van der Waals surface area contributed by atoms with Crippen molar-refractivity contribution in [1.82, 2.24) is 9.21 Å². The van der Waals surface area contributed by atoms with E-state index in [9.17, 15) is 26.7 Å². The Balaban J connectivity index is 2.01. The van der Waals surface area contributed by atoms with Gasteiger partial charge in [0, 0.05) is 25.2 Å². The van der Waals surface area contributed by atoms with Crippen LogP contribution >= 0.6 is 0 Å². The first-order valence-corrected chi connectivity index (χ1v) is 14.8. The molecule has 0 saturated carbocycles. The quantitative estimate of drug-likeness (QED) is 0.523. The summed E-state index contributed by atoms with van der Waals surface area (Å²) in [6.07, 6.45) is 0.505. The van der Waals surface area contributed by atoms with E-state index in [1.165, 1.54) is 46.6 Å². The van der Waals surface area contributed by atoms with E-state index in [0.29, 0.717) is 0 Å². The van der Waals surface area contributed by atoms with Crippen LogP contribution < -0.4 is 9.46 Å². The largest absolute Gasteiger partial charge is 0.488 e. The summed E-state index contributed by atoms with van der Waals surface area (Å²) < 4.78 is 59.6. The first kappa shape index (κ1) is 27.9. The molecule has 12 heteroatoms. The first-order chi connectivity index (χ1) is 16.7. The molecular weight excluding hydrogens is 506 g/mol. The summed E-state index contributed by atoms with van der Waals surface area (Å²) in [4.78, 5) is 15.1. The maximum absolute atomic E-state index is 13.5. The second kappa shape index (κ2) is 10.8. The van der Waals surface area contributed by atoms with Gasteiger partial charge in [-0.3, -0.25) is 9.52 Å².